The minimum Gasteiger partial charge on any atom is -0.383 e. The number of carbonyl (C=O) groups excluding carboxylic acids is 1. The molecule has 6 nitrogen and oxygen atoms in total. The van der Waals surface area contributed by atoms with Crippen molar-refractivity contribution in [2.45, 2.75) is 38.6 Å². The normalized spacial score (nSPS) is 20.8. The first-order chi connectivity index (χ1) is 15.7. The first-order valence-corrected chi connectivity index (χ1v) is 12.3. The van der Waals surface area contributed by atoms with Gasteiger partial charge in [0.05, 0.1) is 17.7 Å². The summed E-state index contributed by atoms with van der Waals surface area (Å²) in [6.45, 7) is 10.1. The van der Waals surface area contributed by atoms with E-state index in [1.54, 1.807) is 13.3 Å². The van der Waals surface area contributed by atoms with Crippen molar-refractivity contribution in [1.82, 2.24) is 19.7 Å². The Labute approximate surface area is 192 Å². The maximum atomic E-state index is 13.7. The largest absolute Gasteiger partial charge is 0.383 e. The van der Waals surface area contributed by atoms with Crippen molar-refractivity contribution < 1.29 is 9.53 Å². The molecule has 1 unspecified atom stereocenters. The number of nitrogens with zero attached hydrogens (tertiary/aromatic N) is 4. The zero-order chi connectivity index (χ0) is 22.3. The molecule has 0 bridgehead atoms. The van der Waals surface area contributed by atoms with Crippen molar-refractivity contribution in [3.8, 4) is 0 Å². The lowest BCUT2D eigenvalue weighted by molar-refractivity contribution is 0.0616. The van der Waals surface area contributed by atoms with Crippen LogP contribution >= 0.6 is 0 Å². The van der Waals surface area contributed by atoms with Crippen LogP contribution in [0, 0.1) is 5.92 Å². The molecule has 4 rings (SSSR count). The number of rotatable bonds is 9. The second-order valence-corrected chi connectivity index (χ2v) is 9.33. The first kappa shape index (κ1) is 23.1. The molecule has 0 aliphatic carbocycles. The van der Waals surface area contributed by atoms with Crippen molar-refractivity contribution in [3.05, 3.63) is 42.1 Å². The van der Waals surface area contributed by atoms with Crippen molar-refractivity contribution in [3.63, 3.8) is 0 Å². The molecule has 2 aromatic rings. The number of likely N-dealkylation sites (N-methyl/N-ethyl adjacent to an activating group) is 1. The van der Waals surface area contributed by atoms with E-state index in [2.05, 4.69) is 26.6 Å². The number of fused-ring (bicyclic) bond motifs is 1. The number of hydrogen-bond acceptors (Lipinski definition) is 5. The van der Waals surface area contributed by atoms with Gasteiger partial charge in [0.2, 0.25) is 0 Å². The molecule has 32 heavy (non-hydrogen) atoms. The lowest BCUT2D eigenvalue weighted by Crippen LogP contribution is -2.46. The highest BCUT2D eigenvalue weighted by Crippen LogP contribution is 2.24. The van der Waals surface area contributed by atoms with Crippen molar-refractivity contribution >= 4 is 16.8 Å². The van der Waals surface area contributed by atoms with E-state index >= 15 is 0 Å². The first-order valence-electron chi connectivity index (χ1n) is 12.3. The molecule has 1 atom stereocenters. The number of pyridine rings is 1. The van der Waals surface area contributed by atoms with E-state index in [0.29, 0.717) is 17.5 Å². The number of carbonyl (C=O) groups is 1. The topological polar surface area (TPSA) is 48.9 Å². The van der Waals surface area contributed by atoms with Gasteiger partial charge in [0.25, 0.3) is 5.91 Å². The molecule has 2 fully saturated rings. The van der Waals surface area contributed by atoms with Crippen molar-refractivity contribution in [2.75, 3.05) is 59.5 Å². The zero-order valence-corrected chi connectivity index (χ0v) is 19.7. The van der Waals surface area contributed by atoms with E-state index in [0.717, 1.165) is 76.2 Å². The van der Waals surface area contributed by atoms with Crippen LogP contribution in [0.15, 0.2) is 36.5 Å². The van der Waals surface area contributed by atoms with Gasteiger partial charge >= 0.3 is 0 Å². The molecular weight excluding hydrogens is 400 g/mol. The lowest BCUT2D eigenvalue weighted by Gasteiger charge is -2.36. The van der Waals surface area contributed by atoms with E-state index in [9.17, 15) is 4.79 Å². The van der Waals surface area contributed by atoms with Gasteiger partial charge in [-0.15, -0.1) is 0 Å². The van der Waals surface area contributed by atoms with Crippen LogP contribution in [0.25, 0.3) is 10.9 Å². The second-order valence-electron chi connectivity index (χ2n) is 9.33. The summed E-state index contributed by atoms with van der Waals surface area (Å²) in [5, 5.41) is 1.03. The summed E-state index contributed by atoms with van der Waals surface area (Å²) >= 11 is 0. The molecule has 1 aromatic carbocycles. The van der Waals surface area contributed by atoms with E-state index in [1.165, 1.54) is 12.8 Å². The number of methoxy groups -OCH3 is 1. The lowest BCUT2D eigenvalue weighted by atomic mass is 9.95. The maximum Gasteiger partial charge on any atom is 0.255 e. The summed E-state index contributed by atoms with van der Waals surface area (Å²) < 4.78 is 5.24. The average molecular weight is 439 g/mol. The predicted molar refractivity (Wildman–Crippen MR) is 129 cm³/mol. The summed E-state index contributed by atoms with van der Waals surface area (Å²) in [7, 11) is 1.76. The highest BCUT2D eigenvalue weighted by Gasteiger charge is 2.30. The molecule has 2 aliphatic rings. The molecule has 2 saturated heterocycles. The number of ether oxygens (including phenoxy) is 1. The standard InChI is InChI=1S/C26H38N4O2/c1-3-29-12-6-8-24(29)20-30(19-21-10-13-28(14-11-21)15-16-32-2)26(31)23-17-22-7-4-5-9-25(22)27-18-23/h4-5,7,9,17-18,21,24H,3,6,8,10-16,19-20H2,1-2H3. The predicted octanol–water partition coefficient (Wildman–Crippen LogP) is 3.52. The molecular formula is C26H38N4O2. The van der Waals surface area contributed by atoms with E-state index in [-0.39, 0.29) is 5.91 Å². The van der Waals surface area contributed by atoms with Crippen LogP contribution in [0.3, 0.4) is 0 Å². The quantitative estimate of drug-likeness (QED) is 0.600. The molecule has 2 aliphatic heterocycles. The van der Waals surface area contributed by atoms with Crippen molar-refractivity contribution in [2.24, 2.45) is 5.92 Å². The van der Waals surface area contributed by atoms with E-state index in [4.69, 9.17) is 4.74 Å². The van der Waals surface area contributed by atoms with Crippen LogP contribution in [0.5, 0.6) is 0 Å². The van der Waals surface area contributed by atoms with Crippen LogP contribution in [0.2, 0.25) is 0 Å². The third-order valence-corrected chi connectivity index (χ3v) is 7.26. The number of para-hydroxylation sites is 1. The van der Waals surface area contributed by atoms with Gasteiger partial charge in [-0.3, -0.25) is 14.7 Å². The van der Waals surface area contributed by atoms with Crippen LogP contribution < -0.4 is 0 Å². The number of aromatic nitrogens is 1. The maximum absolute atomic E-state index is 13.7. The smallest absolute Gasteiger partial charge is 0.255 e. The summed E-state index contributed by atoms with van der Waals surface area (Å²) in [4.78, 5) is 25.4. The van der Waals surface area contributed by atoms with Gasteiger partial charge in [-0.25, -0.2) is 0 Å². The van der Waals surface area contributed by atoms with Gasteiger partial charge in [0.15, 0.2) is 0 Å². The molecule has 0 N–H and O–H groups in total. The third-order valence-electron chi connectivity index (χ3n) is 7.26. The van der Waals surface area contributed by atoms with Crippen LogP contribution in [-0.4, -0.2) is 91.2 Å². The summed E-state index contributed by atoms with van der Waals surface area (Å²) in [6.07, 6.45) is 6.47. The van der Waals surface area contributed by atoms with Gasteiger partial charge in [-0.2, -0.15) is 0 Å². The highest BCUT2D eigenvalue weighted by molar-refractivity contribution is 5.97. The molecule has 3 heterocycles. The Morgan fingerprint density at radius 2 is 1.97 bits per heavy atom. The zero-order valence-electron chi connectivity index (χ0n) is 19.7. The Morgan fingerprint density at radius 1 is 1.16 bits per heavy atom. The third kappa shape index (κ3) is 5.66. The number of likely N-dealkylation sites (tertiary alicyclic amines) is 2. The minimum absolute atomic E-state index is 0.132. The van der Waals surface area contributed by atoms with E-state index < -0.39 is 0 Å². The fourth-order valence-electron chi connectivity index (χ4n) is 5.31. The molecule has 174 valence electrons. The van der Waals surface area contributed by atoms with Crippen molar-refractivity contribution in [1.29, 1.82) is 0 Å². The van der Waals surface area contributed by atoms with Crippen LogP contribution in [0.4, 0.5) is 0 Å². The molecule has 0 spiro atoms. The summed E-state index contributed by atoms with van der Waals surface area (Å²) in [5.74, 6) is 0.690. The Morgan fingerprint density at radius 3 is 2.75 bits per heavy atom. The van der Waals surface area contributed by atoms with Gasteiger partial charge in [-0.1, -0.05) is 25.1 Å². The van der Waals surface area contributed by atoms with Gasteiger partial charge in [0.1, 0.15) is 0 Å². The summed E-state index contributed by atoms with van der Waals surface area (Å²) in [6, 6.07) is 10.5. The SMILES string of the molecule is CCN1CCCC1CN(CC1CCN(CCOC)CC1)C(=O)c1cnc2ccccc2c1. The molecule has 1 aromatic heterocycles. The van der Waals surface area contributed by atoms with Crippen LogP contribution in [0.1, 0.15) is 43.0 Å². The average Bonchev–Trinajstić information content (AvgIpc) is 3.29. The Bertz CT molecular complexity index is 881. The van der Waals surface area contributed by atoms with Gasteiger partial charge < -0.3 is 14.5 Å². The Kier molecular flexibility index (Phi) is 8.11. The number of benzene rings is 1. The molecule has 0 radical (unpaired) electrons. The monoisotopic (exact) mass is 438 g/mol. The Balaban J connectivity index is 1.47. The van der Waals surface area contributed by atoms with Crippen LogP contribution in [-0.2, 0) is 4.74 Å². The number of amides is 1. The summed E-state index contributed by atoms with van der Waals surface area (Å²) in [5.41, 5.74) is 1.65. The molecule has 0 saturated carbocycles. The number of piperidine rings is 1. The fraction of sp³-hybridized carbons (Fsp3) is 0.615. The Hall–Kier alpha value is -2.02. The fourth-order valence-corrected chi connectivity index (χ4v) is 5.31. The molecule has 6 heteroatoms. The minimum atomic E-state index is 0.132. The van der Waals surface area contributed by atoms with Gasteiger partial charge in [-0.05, 0) is 69.9 Å². The second kappa shape index (κ2) is 11.2. The number of hydrogen-bond donors (Lipinski definition) is 0. The molecule has 1 amide bonds. The highest BCUT2D eigenvalue weighted by atomic mass is 16.5. The van der Waals surface area contributed by atoms with Gasteiger partial charge in [0, 0.05) is 44.4 Å². The van der Waals surface area contributed by atoms with E-state index in [1.807, 2.05) is 30.3 Å².